The average Bonchev–Trinajstić information content (AvgIpc) is 3.10. The van der Waals surface area contributed by atoms with Gasteiger partial charge in [0, 0.05) is 29.8 Å². The molecule has 33 heavy (non-hydrogen) atoms. The first-order valence-corrected chi connectivity index (χ1v) is 10.8. The van der Waals surface area contributed by atoms with Crippen LogP contribution in [0.3, 0.4) is 0 Å². The Morgan fingerprint density at radius 1 is 1.12 bits per heavy atom. The lowest BCUT2D eigenvalue weighted by Gasteiger charge is -2.27. The lowest BCUT2D eigenvalue weighted by Crippen LogP contribution is -2.38. The number of nitro groups is 1. The SMILES string of the molecule is O=C1/C(=N/OCC(O)CN2CCCCC2)c2ccccc2N1C(=O)c1ccc([N+](=O)[O-])cc1. The molecule has 2 aliphatic heterocycles. The van der Waals surface area contributed by atoms with Crippen LogP contribution < -0.4 is 4.90 Å². The minimum Gasteiger partial charge on any atom is -0.392 e. The van der Waals surface area contributed by atoms with E-state index in [0.29, 0.717) is 17.8 Å². The van der Waals surface area contributed by atoms with Gasteiger partial charge < -0.3 is 14.8 Å². The normalized spacial score (nSPS) is 18.3. The minimum atomic E-state index is -0.753. The van der Waals surface area contributed by atoms with Crippen molar-refractivity contribution in [1.82, 2.24) is 4.90 Å². The number of para-hydroxylation sites is 1. The maximum Gasteiger partial charge on any atom is 0.288 e. The maximum atomic E-state index is 13.1. The molecule has 2 amide bonds. The molecule has 2 aromatic rings. The highest BCUT2D eigenvalue weighted by Gasteiger charge is 2.39. The Hall–Kier alpha value is -3.63. The number of likely N-dealkylation sites (tertiary alicyclic amines) is 1. The number of fused-ring (bicyclic) bond motifs is 1. The number of β-amino-alcohol motifs (C(OH)–C–C–N with tert-alkyl or cyclic N) is 1. The van der Waals surface area contributed by atoms with Gasteiger partial charge in [0.15, 0.2) is 5.71 Å². The summed E-state index contributed by atoms with van der Waals surface area (Å²) in [4.78, 5) is 44.9. The number of carbonyl (C=O) groups excluding carboxylic acids is 2. The highest BCUT2D eigenvalue weighted by molar-refractivity contribution is 6.58. The Kier molecular flexibility index (Phi) is 6.76. The predicted octanol–water partition coefficient (Wildman–Crippen LogP) is 2.35. The molecule has 1 fully saturated rings. The third-order valence-electron chi connectivity index (χ3n) is 5.67. The minimum absolute atomic E-state index is 0.0361. The largest absolute Gasteiger partial charge is 0.392 e. The van der Waals surface area contributed by atoms with E-state index in [9.17, 15) is 24.8 Å². The van der Waals surface area contributed by atoms with Crippen molar-refractivity contribution >= 4 is 28.9 Å². The van der Waals surface area contributed by atoms with Crippen LogP contribution in [0.25, 0.3) is 0 Å². The molecule has 0 bridgehead atoms. The second-order valence-electron chi connectivity index (χ2n) is 8.02. The van der Waals surface area contributed by atoms with Gasteiger partial charge in [0.05, 0.1) is 10.6 Å². The summed E-state index contributed by atoms with van der Waals surface area (Å²) in [6, 6.07) is 11.7. The molecule has 1 unspecified atom stereocenters. The summed E-state index contributed by atoms with van der Waals surface area (Å²) in [7, 11) is 0. The number of oxime groups is 1. The molecule has 0 aliphatic carbocycles. The van der Waals surface area contributed by atoms with Gasteiger partial charge in [-0.2, -0.15) is 0 Å². The van der Waals surface area contributed by atoms with Gasteiger partial charge in [-0.05, 0) is 44.1 Å². The van der Waals surface area contributed by atoms with Gasteiger partial charge in [-0.1, -0.05) is 29.8 Å². The Morgan fingerprint density at radius 2 is 1.82 bits per heavy atom. The van der Waals surface area contributed by atoms with E-state index in [0.717, 1.165) is 30.8 Å². The van der Waals surface area contributed by atoms with E-state index in [4.69, 9.17) is 4.84 Å². The lowest BCUT2D eigenvalue weighted by molar-refractivity contribution is -0.384. The zero-order valence-electron chi connectivity index (χ0n) is 17.9. The summed E-state index contributed by atoms with van der Waals surface area (Å²) in [5.41, 5.74) is 0.720. The van der Waals surface area contributed by atoms with E-state index < -0.39 is 22.8 Å². The van der Waals surface area contributed by atoms with Gasteiger partial charge in [-0.25, -0.2) is 4.90 Å². The van der Waals surface area contributed by atoms with Crippen LogP contribution in [0.1, 0.15) is 35.2 Å². The molecule has 172 valence electrons. The first kappa shape index (κ1) is 22.6. The average molecular weight is 452 g/mol. The number of aliphatic hydroxyl groups is 1. The molecule has 1 saturated heterocycles. The van der Waals surface area contributed by atoms with Gasteiger partial charge in [0.25, 0.3) is 17.5 Å². The van der Waals surface area contributed by atoms with Crippen LogP contribution in [0.4, 0.5) is 11.4 Å². The van der Waals surface area contributed by atoms with E-state index in [1.165, 1.54) is 30.7 Å². The van der Waals surface area contributed by atoms with Gasteiger partial charge in [-0.3, -0.25) is 19.7 Å². The molecule has 10 heteroatoms. The van der Waals surface area contributed by atoms with Crippen molar-refractivity contribution < 1.29 is 24.5 Å². The van der Waals surface area contributed by atoms with Crippen molar-refractivity contribution in [2.45, 2.75) is 25.4 Å². The zero-order valence-corrected chi connectivity index (χ0v) is 17.9. The fraction of sp³-hybridized carbons (Fsp3) is 0.348. The fourth-order valence-electron chi connectivity index (χ4n) is 4.02. The van der Waals surface area contributed by atoms with Crippen molar-refractivity contribution in [1.29, 1.82) is 0 Å². The number of hydrogen-bond acceptors (Lipinski definition) is 8. The topological polar surface area (TPSA) is 126 Å². The summed E-state index contributed by atoms with van der Waals surface area (Å²) >= 11 is 0. The second kappa shape index (κ2) is 9.88. The number of hydrogen-bond donors (Lipinski definition) is 1. The Morgan fingerprint density at radius 3 is 2.52 bits per heavy atom. The van der Waals surface area contributed by atoms with Crippen molar-refractivity contribution in [3.8, 4) is 0 Å². The standard InChI is InChI=1S/C23H24N4O6/c28-18(14-25-12-4-1-5-13-25)15-33-24-21-19-6-2-3-7-20(19)26(23(21)30)22(29)16-8-10-17(11-9-16)27(31)32/h2-3,6-11,18,28H,1,4-5,12-15H2/b24-21+. The van der Waals surface area contributed by atoms with Crippen LogP contribution in [0, 0.1) is 10.1 Å². The van der Waals surface area contributed by atoms with Crippen molar-refractivity contribution in [2.24, 2.45) is 5.16 Å². The molecule has 0 aromatic heterocycles. The number of nitro benzene ring substituents is 1. The number of piperidine rings is 1. The fourth-order valence-corrected chi connectivity index (χ4v) is 4.02. The van der Waals surface area contributed by atoms with E-state index in [2.05, 4.69) is 10.1 Å². The van der Waals surface area contributed by atoms with Crippen LogP contribution in [-0.2, 0) is 9.63 Å². The molecule has 0 radical (unpaired) electrons. The maximum absolute atomic E-state index is 13.1. The molecule has 4 rings (SSSR count). The number of non-ortho nitro benzene ring substituents is 1. The van der Waals surface area contributed by atoms with Gasteiger partial charge in [0.1, 0.15) is 12.7 Å². The monoisotopic (exact) mass is 452 g/mol. The van der Waals surface area contributed by atoms with E-state index in [-0.39, 0.29) is 23.6 Å². The number of rotatable bonds is 7. The van der Waals surface area contributed by atoms with Crippen LogP contribution in [0.2, 0.25) is 0 Å². The number of amides is 2. The predicted molar refractivity (Wildman–Crippen MR) is 120 cm³/mol. The summed E-state index contributed by atoms with van der Waals surface area (Å²) in [6.07, 6.45) is 2.67. The van der Waals surface area contributed by atoms with Crippen molar-refractivity contribution in [3.63, 3.8) is 0 Å². The number of aliphatic hydroxyl groups excluding tert-OH is 1. The smallest absolute Gasteiger partial charge is 0.288 e. The van der Waals surface area contributed by atoms with Crippen LogP contribution in [0.15, 0.2) is 53.7 Å². The van der Waals surface area contributed by atoms with E-state index in [1.54, 1.807) is 24.3 Å². The van der Waals surface area contributed by atoms with Crippen molar-refractivity contribution in [3.05, 3.63) is 69.8 Å². The summed E-state index contributed by atoms with van der Waals surface area (Å²) in [5, 5.41) is 25.1. The first-order valence-electron chi connectivity index (χ1n) is 10.8. The summed E-state index contributed by atoms with van der Waals surface area (Å²) in [5.74, 6) is -1.29. The number of nitrogens with zero attached hydrogens (tertiary/aromatic N) is 4. The highest BCUT2D eigenvalue weighted by Crippen LogP contribution is 2.31. The lowest BCUT2D eigenvalue weighted by atomic mass is 10.1. The van der Waals surface area contributed by atoms with Crippen molar-refractivity contribution in [2.75, 3.05) is 31.1 Å². The second-order valence-corrected chi connectivity index (χ2v) is 8.02. The Labute approximate surface area is 190 Å². The Balaban J connectivity index is 1.48. The molecule has 0 saturated carbocycles. The van der Waals surface area contributed by atoms with Crippen LogP contribution in [-0.4, -0.2) is 64.8 Å². The third kappa shape index (κ3) is 4.91. The number of benzene rings is 2. The number of anilines is 1. The van der Waals surface area contributed by atoms with Gasteiger partial charge >= 0.3 is 0 Å². The molecular formula is C23H24N4O6. The number of imide groups is 1. The number of carbonyl (C=O) groups is 2. The zero-order chi connectivity index (χ0) is 23.4. The third-order valence-corrected chi connectivity index (χ3v) is 5.67. The first-order chi connectivity index (χ1) is 16.0. The molecular weight excluding hydrogens is 428 g/mol. The molecule has 1 atom stereocenters. The molecule has 10 nitrogen and oxygen atoms in total. The summed E-state index contributed by atoms with van der Waals surface area (Å²) in [6.45, 7) is 2.28. The van der Waals surface area contributed by atoms with Crippen LogP contribution >= 0.6 is 0 Å². The van der Waals surface area contributed by atoms with E-state index in [1.807, 2.05) is 0 Å². The molecule has 0 spiro atoms. The van der Waals surface area contributed by atoms with Gasteiger partial charge in [-0.15, -0.1) is 0 Å². The molecule has 2 heterocycles. The summed E-state index contributed by atoms with van der Waals surface area (Å²) < 4.78 is 0. The quantitative estimate of drug-likeness (QED) is 0.388. The Bertz CT molecular complexity index is 1080. The van der Waals surface area contributed by atoms with E-state index >= 15 is 0 Å². The van der Waals surface area contributed by atoms with Gasteiger partial charge in [0.2, 0.25) is 0 Å². The highest BCUT2D eigenvalue weighted by atomic mass is 16.6. The molecule has 2 aromatic carbocycles. The van der Waals surface area contributed by atoms with Crippen LogP contribution in [0.5, 0.6) is 0 Å². The molecule has 2 aliphatic rings. The molecule has 1 N–H and O–H groups in total.